The minimum atomic E-state index is 0.416. The molecule has 49 heavy (non-hydrogen) atoms. The SMILES string of the molecule is c1ccc2c(c1)CC(CCc1ccc(-c3ccc4c5c(cccc35)-c3ccccc3-4)c3ccccc13)c1ccc3c(oc4ccccc43)c1-2. The summed E-state index contributed by atoms with van der Waals surface area (Å²) in [4.78, 5) is 0. The zero-order chi connectivity index (χ0) is 32.1. The fourth-order valence-electron chi connectivity index (χ4n) is 9.18. The topological polar surface area (TPSA) is 13.1 Å². The van der Waals surface area contributed by atoms with Crippen LogP contribution in [0.15, 0.2) is 156 Å². The van der Waals surface area contributed by atoms with E-state index in [1.807, 2.05) is 0 Å². The fourth-order valence-corrected chi connectivity index (χ4v) is 9.18. The second-order valence-corrected chi connectivity index (χ2v) is 13.9. The minimum Gasteiger partial charge on any atom is -0.455 e. The summed E-state index contributed by atoms with van der Waals surface area (Å²) in [6.45, 7) is 0. The zero-order valence-corrected chi connectivity index (χ0v) is 27.0. The molecule has 1 heterocycles. The zero-order valence-electron chi connectivity index (χ0n) is 27.0. The van der Waals surface area contributed by atoms with Gasteiger partial charge in [0.25, 0.3) is 0 Å². The van der Waals surface area contributed by atoms with Crippen molar-refractivity contribution in [2.75, 3.05) is 0 Å². The van der Waals surface area contributed by atoms with Crippen LogP contribution in [-0.4, -0.2) is 0 Å². The highest BCUT2D eigenvalue weighted by Gasteiger charge is 2.29. The molecule has 1 unspecified atom stereocenters. The van der Waals surface area contributed by atoms with Crippen molar-refractivity contribution >= 4 is 43.5 Å². The maximum absolute atomic E-state index is 6.60. The quantitative estimate of drug-likeness (QED) is 0.190. The van der Waals surface area contributed by atoms with E-state index in [1.54, 1.807) is 0 Å². The van der Waals surface area contributed by atoms with Crippen molar-refractivity contribution < 1.29 is 4.42 Å². The van der Waals surface area contributed by atoms with E-state index in [1.165, 1.54) is 93.5 Å². The Morgan fingerprint density at radius 3 is 1.96 bits per heavy atom. The van der Waals surface area contributed by atoms with E-state index in [9.17, 15) is 0 Å². The van der Waals surface area contributed by atoms with Crippen LogP contribution in [0.2, 0.25) is 0 Å². The summed E-state index contributed by atoms with van der Waals surface area (Å²) < 4.78 is 6.60. The third-order valence-electron chi connectivity index (χ3n) is 11.4. The molecule has 1 atom stereocenters. The third kappa shape index (κ3) is 3.87. The molecule has 11 rings (SSSR count). The highest BCUT2D eigenvalue weighted by Crippen LogP contribution is 2.50. The molecule has 0 N–H and O–H groups in total. The summed E-state index contributed by atoms with van der Waals surface area (Å²) in [7, 11) is 0. The number of benzene rings is 8. The van der Waals surface area contributed by atoms with Crippen LogP contribution in [-0.2, 0) is 12.8 Å². The van der Waals surface area contributed by atoms with Crippen LogP contribution < -0.4 is 0 Å². The molecule has 9 aromatic rings. The van der Waals surface area contributed by atoms with Gasteiger partial charge in [0.2, 0.25) is 0 Å². The number of para-hydroxylation sites is 1. The monoisotopic (exact) mass is 624 g/mol. The molecule has 0 spiro atoms. The molecule has 230 valence electrons. The van der Waals surface area contributed by atoms with Crippen molar-refractivity contribution in [2.24, 2.45) is 0 Å². The van der Waals surface area contributed by atoms with Gasteiger partial charge in [-0.25, -0.2) is 0 Å². The number of hydrogen-bond acceptors (Lipinski definition) is 1. The van der Waals surface area contributed by atoms with E-state index in [0.717, 1.165) is 30.4 Å². The molecule has 2 aliphatic carbocycles. The van der Waals surface area contributed by atoms with Gasteiger partial charge in [0.1, 0.15) is 11.2 Å². The Bertz CT molecular complexity index is 2780. The summed E-state index contributed by atoms with van der Waals surface area (Å²) in [5, 5.41) is 7.79. The summed E-state index contributed by atoms with van der Waals surface area (Å²) in [6, 6.07) is 56.2. The predicted octanol–water partition coefficient (Wildman–Crippen LogP) is 13.1. The molecule has 0 saturated heterocycles. The van der Waals surface area contributed by atoms with Gasteiger partial charge in [-0.2, -0.15) is 0 Å². The number of furan rings is 1. The van der Waals surface area contributed by atoms with E-state index < -0.39 is 0 Å². The maximum Gasteiger partial charge on any atom is 0.143 e. The van der Waals surface area contributed by atoms with Crippen LogP contribution >= 0.6 is 0 Å². The molecule has 0 fully saturated rings. The molecular weight excluding hydrogens is 593 g/mol. The third-order valence-corrected chi connectivity index (χ3v) is 11.4. The van der Waals surface area contributed by atoms with E-state index in [0.29, 0.717) is 5.92 Å². The van der Waals surface area contributed by atoms with Gasteiger partial charge < -0.3 is 4.42 Å². The van der Waals surface area contributed by atoms with Crippen LogP contribution in [0.3, 0.4) is 0 Å². The fraction of sp³-hybridized carbons (Fsp3) is 0.0833. The van der Waals surface area contributed by atoms with Gasteiger partial charge in [0.05, 0.1) is 0 Å². The highest BCUT2D eigenvalue weighted by molar-refractivity contribution is 6.20. The lowest BCUT2D eigenvalue weighted by Gasteiger charge is -2.28. The van der Waals surface area contributed by atoms with E-state index >= 15 is 0 Å². The Kier molecular flexibility index (Phi) is 5.68. The molecule has 2 aliphatic rings. The molecule has 0 saturated carbocycles. The summed E-state index contributed by atoms with van der Waals surface area (Å²) in [5.74, 6) is 0.416. The Morgan fingerprint density at radius 1 is 0.449 bits per heavy atom. The van der Waals surface area contributed by atoms with Gasteiger partial charge in [-0.15, -0.1) is 0 Å². The van der Waals surface area contributed by atoms with Crippen LogP contribution in [0.25, 0.3) is 88.0 Å². The normalized spacial score (nSPS) is 14.4. The Morgan fingerprint density at radius 2 is 1.08 bits per heavy atom. The van der Waals surface area contributed by atoms with Crippen LogP contribution in [0.1, 0.15) is 29.0 Å². The largest absolute Gasteiger partial charge is 0.455 e. The number of aryl methyl sites for hydroxylation is 1. The van der Waals surface area contributed by atoms with Gasteiger partial charge in [0, 0.05) is 16.3 Å². The number of hydrogen-bond donors (Lipinski definition) is 0. The molecular formula is C48H32O. The smallest absolute Gasteiger partial charge is 0.143 e. The molecule has 1 aromatic heterocycles. The van der Waals surface area contributed by atoms with Crippen molar-refractivity contribution in [3.05, 3.63) is 168 Å². The lowest BCUT2D eigenvalue weighted by atomic mass is 9.75. The van der Waals surface area contributed by atoms with Crippen molar-refractivity contribution in [1.82, 2.24) is 0 Å². The predicted molar refractivity (Wildman–Crippen MR) is 205 cm³/mol. The summed E-state index contributed by atoms with van der Waals surface area (Å²) in [5.41, 5.74) is 16.8. The Balaban J connectivity index is 1.000. The Hall–Kier alpha value is -5.92. The van der Waals surface area contributed by atoms with E-state index in [2.05, 4.69) is 152 Å². The molecule has 8 aromatic carbocycles. The van der Waals surface area contributed by atoms with Crippen molar-refractivity contribution in [3.63, 3.8) is 0 Å². The highest BCUT2D eigenvalue weighted by atomic mass is 16.3. The van der Waals surface area contributed by atoms with Gasteiger partial charge in [-0.05, 0) is 108 Å². The van der Waals surface area contributed by atoms with Gasteiger partial charge >= 0.3 is 0 Å². The first-order valence-electron chi connectivity index (χ1n) is 17.5. The second kappa shape index (κ2) is 10.3. The molecule has 0 amide bonds. The molecule has 0 radical (unpaired) electrons. The summed E-state index contributed by atoms with van der Waals surface area (Å²) in [6.07, 6.45) is 3.15. The average Bonchev–Trinajstić information content (AvgIpc) is 3.71. The van der Waals surface area contributed by atoms with Crippen LogP contribution in [0.4, 0.5) is 0 Å². The van der Waals surface area contributed by atoms with Crippen LogP contribution in [0, 0.1) is 0 Å². The standard InChI is InChI=1S/C48H32O/c1-2-12-33-30(10-1)28-31(34-24-27-44-40-16-7-8-19-45(40)49-48(44)47(33)34)21-20-29-22-23-38(35-13-4-3-11-32(29)35)39-25-26-43-37-15-6-5-14-36(37)41-17-9-18-42(39)46(41)43/h1-19,22-27,31H,20-21,28H2. The number of fused-ring (bicyclic) bond motifs is 11. The first-order chi connectivity index (χ1) is 24.3. The van der Waals surface area contributed by atoms with Crippen molar-refractivity contribution in [1.29, 1.82) is 0 Å². The number of rotatable bonds is 4. The van der Waals surface area contributed by atoms with Crippen molar-refractivity contribution in [2.45, 2.75) is 25.2 Å². The van der Waals surface area contributed by atoms with E-state index in [-0.39, 0.29) is 0 Å². The van der Waals surface area contributed by atoms with Gasteiger partial charge in [0.15, 0.2) is 0 Å². The lowest BCUT2D eigenvalue weighted by Crippen LogP contribution is -2.12. The lowest BCUT2D eigenvalue weighted by molar-refractivity contribution is 0.613. The average molecular weight is 625 g/mol. The first-order valence-corrected chi connectivity index (χ1v) is 17.5. The molecule has 0 aliphatic heterocycles. The molecule has 0 bridgehead atoms. The van der Waals surface area contributed by atoms with E-state index in [4.69, 9.17) is 4.42 Å². The molecule has 1 heteroatoms. The second-order valence-electron chi connectivity index (χ2n) is 13.9. The molecule has 1 nitrogen and oxygen atoms in total. The Labute approximate surface area is 285 Å². The van der Waals surface area contributed by atoms with Gasteiger partial charge in [-0.3, -0.25) is 0 Å². The van der Waals surface area contributed by atoms with Gasteiger partial charge in [-0.1, -0.05) is 146 Å². The summed E-state index contributed by atoms with van der Waals surface area (Å²) >= 11 is 0. The first kappa shape index (κ1) is 27.1. The minimum absolute atomic E-state index is 0.416. The maximum atomic E-state index is 6.60. The van der Waals surface area contributed by atoms with Crippen molar-refractivity contribution in [3.8, 4) is 44.5 Å². The van der Waals surface area contributed by atoms with Crippen LogP contribution in [0.5, 0.6) is 0 Å².